The van der Waals surface area contributed by atoms with Gasteiger partial charge >= 0.3 is 5.97 Å². The first kappa shape index (κ1) is 39.7. The number of aromatic nitrogens is 2. The van der Waals surface area contributed by atoms with Crippen LogP contribution in [0, 0.1) is 5.92 Å². The van der Waals surface area contributed by atoms with Gasteiger partial charge in [-0.15, -0.1) is 0 Å². The minimum absolute atomic E-state index is 0.0415. The minimum atomic E-state index is -1.09. The third-order valence-corrected chi connectivity index (χ3v) is 6.32. The molecular formula is C29H50N6O10. The van der Waals surface area contributed by atoms with E-state index < -0.39 is 17.9 Å². The molecule has 0 fully saturated rings. The molecule has 1 aromatic heterocycles. The van der Waals surface area contributed by atoms with E-state index in [1.807, 2.05) is 6.92 Å². The number of unbranched alkanes of at least 4 members (excludes halogenated alkanes) is 1. The van der Waals surface area contributed by atoms with Crippen molar-refractivity contribution < 1.29 is 48.0 Å². The van der Waals surface area contributed by atoms with Gasteiger partial charge in [0.1, 0.15) is 19.0 Å². The van der Waals surface area contributed by atoms with Gasteiger partial charge in [0, 0.05) is 50.3 Å². The maximum atomic E-state index is 12.7. The molecular weight excluding hydrogens is 592 g/mol. The number of aliphatic carboxylic acids is 1. The molecule has 7 N–H and O–H groups in total. The Morgan fingerprint density at radius 2 is 1.51 bits per heavy atom. The lowest BCUT2D eigenvalue weighted by molar-refractivity contribution is -0.136. The monoisotopic (exact) mass is 642 g/mol. The molecule has 0 aromatic carbocycles. The van der Waals surface area contributed by atoms with E-state index in [1.54, 1.807) is 6.20 Å². The van der Waals surface area contributed by atoms with Crippen molar-refractivity contribution in [3.8, 4) is 0 Å². The van der Waals surface area contributed by atoms with E-state index in [0.717, 1.165) is 6.42 Å². The molecule has 0 aliphatic carbocycles. The van der Waals surface area contributed by atoms with Crippen LogP contribution in [0.3, 0.4) is 0 Å². The molecule has 16 nitrogen and oxygen atoms in total. The van der Waals surface area contributed by atoms with Crippen LogP contribution in [0.15, 0.2) is 12.5 Å². The molecule has 0 spiro atoms. The van der Waals surface area contributed by atoms with E-state index in [2.05, 4.69) is 25.9 Å². The summed E-state index contributed by atoms with van der Waals surface area (Å²) >= 11 is 0. The van der Waals surface area contributed by atoms with Gasteiger partial charge in [0.15, 0.2) is 5.78 Å². The summed E-state index contributed by atoms with van der Waals surface area (Å²) in [5.41, 5.74) is 6.74. The number of carboxylic acid groups (broad SMARTS) is 1. The Bertz CT molecular complexity index is 979. The number of hydrogen-bond donors (Lipinski definition) is 6. The maximum absolute atomic E-state index is 12.7. The number of nitrogens with two attached hydrogens (primary N) is 1. The summed E-state index contributed by atoms with van der Waals surface area (Å²) < 4.78 is 21.1. The molecule has 256 valence electrons. The number of ketones is 2. The van der Waals surface area contributed by atoms with Gasteiger partial charge in [-0.1, -0.05) is 13.3 Å². The Morgan fingerprint density at radius 3 is 2.13 bits per heavy atom. The lowest BCUT2D eigenvalue weighted by Crippen LogP contribution is -2.37. The van der Waals surface area contributed by atoms with Crippen LogP contribution in [-0.4, -0.2) is 130 Å². The number of carbonyl (C=O) groups is 5. The van der Waals surface area contributed by atoms with Crippen LogP contribution in [0.5, 0.6) is 0 Å². The Morgan fingerprint density at radius 1 is 0.867 bits per heavy atom. The number of rotatable bonds is 30. The molecule has 1 aromatic rings. The first-order valence-electron chi connectivity index (χ1n) is 15.3. The fourth-order valence-electron chi connectivity index (χ4n) is 3.98. The molecule has 45 heavy (non-hydrogen) atoms. The molecule has 0 aliphatic heterocycles. The van der Waals surface area contributed by atoms with Crippen molar-refractivity contribution in [1.82, 2.24) is 25.9 Å². The standard InChI is InChI=1S/C29H50N6O10/c1-2-8-42-10-12-44-20-28(39)34-7-9-43-11-13-45-19-27(38)33-6-4-3-5-22(26(37)17-31-18-29(40)41)14-25(36)24(30)15-23-16-32-21-35-23/h16,21-22,24,31H,2-15,17-20,30H2,1H3,(H,32,35)(H,33,38)(H,34,39)(H,40,41)/t22-,24+/m1/s1. The Kier molecular flexibility index (Phi) is 23.0. The number of aromatic amines is 1. The average Bonchev–Trinajstić information content (AvgIpc) is 3.52. The van der Waals surface area contributed by atoms with Gasteiger partial charge < -0.3 is 50.7 Å². The van der Waals surface area contributed by atoms with E-state index in [-0.39, 0.29) is 75.7 Å². The number of H-pyrrole nitrogens is 1. The lowest BCUT2D eigenvalue weighted by Gasteiger charge is -2.18. The Hall–Kier alpha value is -3.28. The molecule has 0 bridgehead atoms. The fourth-order valence-corrected chi connectivity index (χ4v) is 3.98. The molecule has 1 heterocycles. The van der Waals surface area contributed by atoms with Crippen molar-refractivity contribution in [2.75, 3.05) is 79.0 Å². The Balaban J connectivity index is 2.17. The van der Waals surface area contributed by atoms with Crippen molar-refractivity contribution in [2.45, 2.75) is 51.5 Å². The summed E-state index contributed by atoms with van der Waals surface area (Å²) in [6, 6.07) is -0.802. The van der Waals surface area contributed by atoms with Crippen molar-refractivity contribution in [3.63, 3.8) is 0 Å². The number of carboxylic acids is 1. The van der Waals surface area contributed by atoms with Crippen LogP contribution >= 0.6 is 0 Å². The molecule has 0 radical (unpaired) electrons. The van der Waals surface area contributed by atoms with E-state index in [4.69, 9.17) is 29.8 Å². The number of imidazole rings is 1. The number of ether oxygens (including phenoxy) is 4. The first-order chi connectivity index (χ1) is 21.7. The predicted molar refractivity (Wildman–Crippen MR) is 162 cm³/mol. The normalized spacial score (nSPS) is 12.4. The van der Waals surface area contributed by atoms with Crippen molar-refractivity contribution in [1.29, 1.82) is 0 Å². The number of carbonyl (C=O) groups excluding carboxylic acids is 4. The average molecular weight is 643 g/mol. The summed E-state index contributed by atoms with van der Waals surface area (Å²) in [6.07, 6.45) is 5.73. The number of nitrogens with zero attached hydrogens (tertiary/aromatic N) is 1. The van der Waals surface area contributed by atoms with Gasteiger partial charge in [0.25, 0.3) is 0 Å². The first-order valence-corrected chi connectivity index (χ1v) is 15.3. The molecule has 16 heteroatoms. The summed E-state index contributed by atoms with van der Waals surface area (Å²) in [6.45, 7) is 4.22. The largest absolute Gasteiger partial charge is 0.480 e. The molecule has 0 unspecified atom stereocenters. The van der Waals surface area contributed by atoms with E-state index in [0.29, 0.717) is 64.5 Å². The third kappa shape index (κ3) is 22.0. The topological polar surface area (TPSA) is 233 Å². The molecule has 2 amide bonds. The van der Waals surface area contributed by atoms with Crippen LogP contribution in [0.1, 0.15) is 44.7 Å². The molecule has 0 aliphatic rings. The highest BCUT2D eigenvalue weighted by Gasteiger charge is 2.25. The van der Waals surface area contributed by atoms with Crippen molar-refractivity contribution >= 4 is 29.4 Å². The summed E-state index contributed by atoms with van der Waals surface area (Å²) in [5, 5.41) is 16.8. The highest BCUT2D eigenvalue weighted by molar-refractivity contribution is 5.91. The van der Waals surface area contributed by atoms with Crippen LogP contribution < -0.4 is 21.7 Å². The predicted octanol–water partition coefficient (Wildman–Crippen LogP) is -1.02. The van der Waals surface area contributed by atoms with Gasteiger partial charge in [0.2, 0.25) is 11.8 Å². The van der Waals surface area contributed by atoms with Gasteiger partial charge in [-0.2, -0.15) is 0 Å². The molecule has 1 rings (SSSR count). The lowest BCUT2D eigenvalue weighted by atomic mass is 9.89. The van der Waals surface area contributed by atoms with Gasteiger partial charge in [-0.25, -0.2) is 4.98 Å². The number of hydrogen-bond acceptors (Lipinski definition) is 12. The smallest absolute Gasteiger partial charge is 0.317 e. The highest BCUT2D eigenvalue weighted by Crippen LogP contribution is 2.16. The summed E-state index contributed by atoms with van der Waals surface area (Å²) in [7, 11) is 0. The van der Waals surface area contributed by atoms with Gasteiger partial charge in [-0.05, 0) is 19.3 Å². The van der Waals surface area contributed by atoms with Gasteiger partial charge in [0.05, 0.1) is 58.5 Å². The molecule has 2 atom stereocenters. The molecule has 0 saturated heterocycles. The number of Topliss-reactive ketones (excluding diaryl/α,β-unsaturated/α-hetero) is 2. The van der Waals surface area contributed by atoms with Gasteiger partial charge in [-0.3, -0.25) is 24.0 Å². The SMILES string of the molecule is CCCOCCOCC(=O)NCCOCCOCC(=O)NCCCC[C@H](CC(=O)[C@@H](N)Cc1cnc[nH]1)C(=O)CNCC(=O)O. The Labute approximate surface area is 263 Å². The zero-order valence-corrected chi connectivity index (χ0v) is 26.2. The van der Waals surface area contributed by atoms with Crippen molar-refractivity contribution in [3.05, 3.63) is 18.2 Å². The second-order valence-corrected chi connectivity index (χ2v) is 10.2. The quantitative estimate of drug-likeness (QED) is 0.0552. The van der Waals surface area contributed by atoms with Crippen LogP contribution in [0.2, 0.25) is 0 Å². The van der Waals surface area contributed by atoms with Crippen LogP contribution in [0.4, 0.5) is 0 Å². The summed E-state index contributed by atoms with van der Waals surface area (Å²) in [4.78, 5) is 66.6. The van der Waals surface area contributed by atoms with Crippen LogP contribution in [0.25, 0.3) is 0 Å². The van der Waals surface area contributed by atoms with Crippen molar-refractivity contribution in [2.24, 2.45) is 11.7 Å². The number of amides is 2. The van der Waals surface area contributed by atoms with Crippen LogP contribution in [-0.2, 0) is 49.3 Å². The van der Waals surface area contributed by atoms with E-state index in [9.17, 15) is 24.0 Å². The van der Waals surface area contributed by atoms with E-state index in [1.165, 1.54) is 6.33 Å². The second kappa shape index (κ2) is 26.0. The fraction of sp³-hybridized carbons (Fsp3) is 0.724. The zero-order chi connectivity index (χ0) is 33.1. The highest BCUT2D eigenvalue weighted by atomic mass is 16.5. The molecule has 0 saturated carbocycles. The second-order valence-electron chi connectivity index (χ2n) is 10.2. The zero-order valence-electron chi connectivity index (χ0n) is 26.2. The maximum Gasteiger partial charge on any atom is 0.317 e. The third-order valence-electron chi connectivity index (χ3n) is 6.32. The minimum Gasteiger partial charge on any atom is -0.480 e. The summed E-state index contributed by atoms with van der Waals surface area (Å²) in [5.74, 6) is -2.78. The van der Waals surface area contributed by atoms with E-state index >= 15 is 0 Å². The number of nitrogens with one attached hydrogen (secondary N) is 4.